The van der Waals surface area contributed by atoms with Gasteiger partial charge in [0.2, 0.25) is 10.0 Å². The van der Waals surface area contributed by atoms with Gasteiger partial charge in [-0.05, 0) is 24.6 Å². The van der Waals surface area contributed by atoms with Crippen molar-refractivity contribution in [2.45, 2.75) is 30.3 Å². The molecule has 5 nitrogen and oxygen atoms in total. The van der Waals surface area contributed by atoms with Crippen LogP contribution in [0, 0.1) is 6.92 Å². The summed E-state index contributed by atoms with van der Waals surface area (Å²) in [6, 6.07) is 2.82. The van der Waals surface area contributed by atoms with Crippen LogP contribution in [-0.2, 0) is 14.8 Å². The Hall–Kier alpha value is -0.370. The maximum absolute atomic E-state index is 12.3. The third kappa shape index (κ3) is 4.09. The molecule has 1 aliphatic heterocycles. The molecule has 0 atom stereocenters. The van der Waals surface area contributed by atoms with Crippen LogP contribution in [0.2, 0.25) is 10.0 Å². The highest BCUT2D eigenvalue weighted by atomic mass is 35.5. The summed E-state index contributed by atoms with van der Waals surface area (Å²) in [4.78, 5) is -0.0401. The molecule has 0 spiro atoms. The van der Waals surface area contributed by atoms with Gasteiger partial charge in [-0.2, -0.15) is 0 Å². The molecule has 1 aromatic carbocycles. The fourth-order valence-electron chi connectivity index (χ4n) is 2.07. The van der Waals surface area contributed by atoms with E-state index >= 15 is 0 Å². The number of ether oxygens (including phenoxy) is 1. The molecule has 2 N–H and O–H groups in total. The fourth-order valence-corrected chi connectivity index (χ4v) is 4.02. The Bertz CT molecular complexity index is 627. The SMILES string of the molecule is Cc1cc(S(=O)(=O)NCC2(O)CCOCC2)c(Cl)cc1Cl. The van der Waals surface area contributed by atoms with Crippen LogP contribution in [0.25, 0.3) is 0 Å². The predicted molar refractivity (Wildman–Crippen MR) is 81.4 cm³/mol. The average molecular weight is 354 g/mol. The summed E-state index contributed by atoms with van der Waals surface area (Å²) in [5.74, 6) is 0. The highest BCUT2D eigenvalue weighted by Crippen LogP contribution is 2.28. The van der Waals surface area contributed by atoms with Crippen LogP contribution in [-0.4, -0.2) is 38.9 Å². The molecule has 118 valence electrons. The molecule has 0 amide bonds. The van der Waals surface area contributed by atoms with E-state index in [9.17, 15) is 13.5 Å². The van der Waals surface area contributed by atoms with E-state index in [1.165, 1.54) is 12.1 Å². The highest BCUT2D eigenvalue weighted by molar-refractivity contribution is 7.89. The van der Waals surface area contributed by atoms with Crippen molar-refractivity contribution in [3.05, 3.63) is 27.7 Å². The first-order valence-electron chi connectivity index (χ1n) is 6.49. The Morgan fingerprint density at radius 1 is 1.29 bits per heavy atom. The maximum atomic E-state index is 12.3. The van der Waals surface area contributed by atoms with Crippen LogP contribution >= 0.6 is 23.2 Å². The number of nitrogens with one attached hydrogen (secondary N) is 1. The van der Waals surface area contributed by atoms with E-state index in [-0.39, 0.29) is 16.5 Å². The number of aryl methyl sites for hydroxylation is 1. The van der Waals surface area contributed by atoms with Gasteiger partial charge in [0.1, 0.15) is 4.90 Å². The second-order valence-corrected chi connectivity index (χ2v) is 7.74. The minimum Gasteiger partial charge on any atom is -0.388 e. The molecular formula is C13H17Cl2NO4S. The second kappa shape index (κ2) is 6.40. The van der Waals surface area contributed by atoms with Crippen molar-refractivity contribution in [1.82, 2.24) is 4.72 Å². The van der Waals surface area contributed by atoms with Gasteiger partial charge in [0.05, 0.1) is 10.6 Å². The topological polar surface area (TPSA) is 75.6 Å². The van der Waals surface area contributed by atoms with E-state index in [1.807, 2.05) is 0 Å². The highest BCUT2D eigenvalue weighted by Gasteiger charge is 2.32. The van der Waals surface area contributed by atoms with Crippen LogP contribution in [0.3, 0.4) is 0 Å². The minimum atomic E-state index is -3.81. The van der Waals surface area contributed by atoms with E-state index < -0.39 is 15.6 Å². The lowest BCUT2D eigenvalue weighted by Gasteiger charge is -2.32. The molecule has 2 rings (SSSR count). The van der Waals surface area contributed by atoms with Crippen LogP contribution in [0.1, 0.15) is 18.4 Å². The van der Waals surface area contributed by atoms with Gasteiger partial charge < -0.3 is 9.84 Å². The lowest BCUT2D eigenvalue weighted by Crippen LogP contribution is -2.46. The standard InChI is InChI=1S/C13H17Cl2NO4S/c1-9-6-12(11(15)7-10(9)14)21(18,19)16-8-13(17)2-4-20-5-3-13/h6-7,16-17H,2-5,8H2,1H3. The Kier molecular flexibility index (Phi) is 5.18. The molecule has 1 saturated heterocycles. The molecule has 1 aliphatic rings. The fraction of sp³-hybridized carbons (Fsp3) is 0.538. The summed E-state index contributed by atoms with van der Waals surface area (Å²) < 4.78 is 32.2. The van der Waals surface area contributed by atoms with Gasteiger partial charge in [0, 0.05) is 37.6 Å². The van der Waals surface area contributed by atoms with E-state index in [0.717, 1.165) is 0 Å². The number of benzene rings is 1. The number of hydrogen-bond acceptors (Lipinski definition) is 4. The lowest BCUT2D eigenvalue weighted by atomic mass is 9.95. The first-order chi connectivity index (χ1) is 9.73. The molecule has 0 bridgehead atoms. The lowest BCUT2D eigenvalue weighted by molar-refractivity contribution is -0.0588. The normalized spacial score (nSPS) is 18.7. The summed E-state index contributed by atoms with van der Waals surface area (Å²) in [5, 5.41) is 10.7. The predicted octanol–water partition coefficient (Wildman–Crippen LogP) is 2.12. The largest absolute Gasteiger partial charge is 0.388 e. The van der Waals surface area contributed by atoms with Crippen molar-refractivity contribution in [3.63, 3.8) is 0 Å². The summed E-state index contributed by atoms with van der Waals surface area (Å²) >= 11 is 11.9. The van der Waals surface area contributed by atoms with Crippen LogP contribution in [0.15, 0.2) is 17.0 Å². The molecule has 0 saturated carbocycles. The van der Waals surface area contributed by atoms with E-state index in [2.05, 4.69) is 4.72 Å². The number of rotatable bonds is 4. The monoisotopic (exact) mass is 353 g/mol. The third-order valence-electron chi connectivity index (χ3n) is 3.52. The number of aliphatic hydroxyl groups is 1. The van der Waals surface area contributed by atoms with Gasteiger partial charge in [-0.3, -0.25) is 0 Å². The molecule has 21 heavy (non-hydrogen) atoms. The molecular weight excluding hydrogens is 337 g/mol. The van der Waals surface area contributed by atoms with Gasteiger partial charge in [0.15, 0.2) is 0 Å². The summed E-state index contributed by atoms with van der Waals surface area (Å²) in [6.45, 7) is 2.46. The van der Waals surface area contributed by atoms with Crippen molar-refractivity contribution >= 4 is 33.2 Å². The Morgan fingerprint density at radius 2 is 1.90 bits per heavy atom. The summed E-state index contributed by atoms with van der Waals surface area (Å²) in [7, 11) is -3.81. The van der Waals surface area contributed by atoms with Crippen molar-refractivity contribution in [2.24, 2.45) is 0 Å². The van der Waals surface area contributed by atoms with Crippen molar-refractivity contribution in [1.29, 1.82) is 0 Å². The smallest absolute Gasteiger partial charge is 0.242 e. The molecule has 8 heteroatoms. The van der Waals surface area contributed by atoms with Gasteiger partial charge in [-0.15, -0.1) is 0 Å². The van der Waals surface area contributed by atoms with Gasteiger partial charge >= 0.3 is 0 Å². The van der Waals surface area contributed by atoms with Crippen molar-refractivity contribution < 1.29 is 18.3 Å². The Labute approximate surface area is 134 Å². The zero-order chi connectivity index (χ0) is 15.7. The van der Waals surface area contributed by atoms with Crippen molar-refractivity contribution in [2.75, 3.05) is 19.8 Å². The summed E-state index contributed by atoms with van der Waals surface area (Å²) in [5.41, 5.74) is -0.467. The quantitative estimate of drug-likeness (QED) is 0.869. The van der Waals surface area contributed by atoms with Gasteiger partial charge in [-0.25, -0.2) is 13.1 Å². The van der Waals surface area contributed by atoms with E-state index in [1.54, 1.807) is 6.92 Å². The zero-order valence-electron chi connectivity index (χ0n) is 11.5. The molecule has 1 heterocycles. The van der Waals surface area contributed by atoms with Crippen LogP contribution in [0.4, 0.5) is 0 Å². The maximum Gasteiger partial charge on any atom is 0.242 e. The van der Waals surface area contributed by atoms with Crippen molar-refractivity contribution in [3.8, 4) is 0 Å². The molecule has 1 fully saturated rings. The number of hydrogen-bond donors (Lipinski definition) is 2. The van der Waals surface area contributed by atoms with Gasteiger partial charge in [-0.1, -0.05) is 23.2 Å². The first-order valence-corrected chi connectivity index (χ1v) is 8.73. The Morgan fingerprint density at radius 3 is 2.52 bits per heavy atom. The van der Waals surface area contributed by atoms with E-state index in [0.29, 0.717) is 36.6 Å². The molecule has 1 aromatic rings. The van der Waals surface area contributed by atoms with Crippen LogP contribution < -0.4 is 4.72 Å². The number of halogens is 2. The minimum absolute atomic E-state index is 0.0401. The third-order valence-corrected chi connectivity index (χ3v) is 5.79. The van der Waals surface area contributed by atoms with Crippen LogP contribution in [0.5, 0.6) is 0 Å². The average Bonchev–Trinajstić information content (AvgIpc) is 2.42. The molecule has 0 unspecified atom stereocenters. The molecule has 0 aliphatic carbocycles. The molecule has 0 aromatic heterocycles. The number of sulfonamides is 1. The first kappa shape index (κ1) is 17.0. The zero-order valence-corrected chi connectivity index (χ0v) is 13.9. The molecule has 0 radical (unpaired) electrons. The Balaban J connectivity index is 2.17. The van der Waals surface area contributed by atoms with Gasteiger partial charge in [0.25, 0.3) is 0 Å². The summed E-state index contributed by atoms with van der Waals surface area (Å²) in [6.07, 6.45) is 0.784. The second-order valence-electron chi connectivity index (χ2n) is 5.19. The van der Waals surface area contributed by atoms with E-state index in [4.69, 9.17) is 27.9 Å².